The summed E-state index contributed by atoms with van der Waals surface area (Å²) in [4.78, 5) is 12.7. The number of carbonyl (C=O) groups is 1. The van der Waals surface area contributed by atoms with Gasteiger partial charge in [0.25, 0.3) is 5.91 Å². The number of nitrogens with one attached hydrogen (secondary N) is 1. The van der Waals surface area contributed by atoms with E-state index >= 15 is 0 Å². The van der Waals surface area contributed by atoms with Crippen LogP contribution in [0.4, 0.5) is 5.69 Å². The highest BCUT2D eigenvalue weighted by atomic mass is 35.5. The van der Waals surface area contributed by atoms with Crippen molar-refractivity contribution in [3.63, 3.8) is 0 Å². The van der Waals surface area contributed by atoms with Crippen LogP contribution >= 0.6 is 11.6 Å². The Balaban J connectivity index is 1.51. The molecule has 1 saturated heterocycles. The van der Waals surface area contributed by atoms with Crippen LogP contribution in [-0.4, -0.2) is 42.9 Å². The molecule has 0 saturated carbocycles. The summed E-state index contributed by atoms with van der Waals surface area (Å²) >= 11 is 5.96. The Morgan fingerprint density at radius 1 is 1.03 bits per heavy atom. The Morgan fingerprint density at radius 2 is 1.79 bits per heavy atom. The van der Waals surface area contributed by atoms with Crippen LogP contribution in [0.15, 0.2) is 83.8 Å². The van der Waals surface area contributed by atoms with Crippen molar-refractivity contribution >= 4 is 33.2 Å². The average molecular weight is 485 g/mol. The molecule has 2 unspecified atom stereocenters. The third kappa shape index (κ3) is 5.62. The molecule has 0 radical (unpaired) electrons. The molecule has 1 amide bonds. The molecule has 2 N–H and O–H groups in total. The Hall–Kier alpha value is -2.71. The van der Waals surface area contributed by atoms with Gasteiger partial charge in [-0.1, -0.05) is 54.1 Å². The molecule has 2 atom stereocenters. The first kappa shape index (κ1) is 23.4. The van der Waals surface area contributed by atoms with E-state index in [1.807, 2.05) is 30.3 Å². The molecule has 1 aliphatic heterocycles. The summed E-state index contributed by atoms with van der Waals surface area (Å²) < 4.78 is 28.1. The molecule has 172 valence electrons. The molecule has 0 spiro atoms. The summed E-state index contributed by atoms with van der Waals surface area (Å²) in [6.07, 6.45) is 0.397. The minimum absolute atomic E-state index is 0.0519. The van der Waals surface area contributed by atoms with Crippen molar-refractivity contribution in [2.24, 2.45) is 5.92 Å². The van der Waals surface area contributed by atoms with Crippen LogP contribution in [-0.2, 0) is 16.4 Å². The zero-order valence-corrected chi connectivity index (χ0v) is 19.5. The maximum Gasteiger partial charge on any atom is 0.255 e. The topological polar surface area (TPSA) is 86.7 Å². The van der Waals surface area contributed by atoms with Crippen LogP contribution in [0.5, 0.6) is 0 Å². The molecular weight excluding hydrogens is 460 g/mol. The second-order valence-electron chi connectivity index (χ2n) is 8.16. The van der Waals surface area contributed by atoms with Gasteiger partial charge in [0.05, 0.1) is 11.0 Å². The third-order valence-corrected chi connectivity index (χ3v) is 7.91. The average Bonchev–Trinajstić information content (AvgIpc) is 2.81. The summed E-state index contributed by atoms with van der Waals surface area (Å²) in [5, 5.41) is 13.7. The lowest BCUT2D eigenvalue weighted by Gasteiger charge is -2.35. The molecule has 4 rings (SSSR count). The Labute approximate surface area is 198 Å². The number of halogens is 1. The number of carbonyl (C=O) groups excluding carboxylic acids is 1. The minimum atomic E-state index is -3.83. The van der Waals surface area contributed by atoms with Crippen molar-refractivity contribution in [1.29, 1.82) is 0 Å². The van der Waals surface area contributed by atoms with Gasteiger partial charge in [-0.25, -0.2) is 8.42 Å². The normalized spacial score (nSPS) is 19.2. The Bertz CT molecular complexity index is 1230. The molecular formula is C25H25ClN2O4S. The molecule has 1 fully saturated rings. The van der Waals surface area contributed by atoms with Crippen LogP contribution in [0.3, 0.4) is 0 Å². The molecule has 1 heterocycles. The Kier molecular flexibility index (Phi) is 7.14. The number of nitrogens with zero attached hydrogens (tertiary/aromatic N) is 1. The van der Waals surface area contributed by atoms with Gasteiger partial charge in [0.2, 0.25) is 10.0 Å². The molecule has 0 bridgehead atoms. The first-order valence-corrected chi connectivity index (χ1v) is 12.5. The van der Waals surface area contributed by atoms with Gasteiger partial charge in [0.1, 0.15) is 0 Å². The number of sulfonamides is 1. The predicted octanol–water partition coefficient (Wildman–Crippen LogP) is 4.21. The van der Waals surface area contributed by atoms with Crippen LogP contribution in [0.25, 0.3) is 0 Å². The van der Waals surface area contributed by atoms with Crippen molar-refractivity contribution in [2.45, 2.75) is 23.8 Å². The number of anilines is 1. The largest absolute Gasteiger partial charge is 0.393 e. The van der Waals surface area contributed by atoms with E-state index in [2.05, 4.69) is 5.32 Å². The van der Waals surface area contributed by atoms with E-state index in [-0.39, 0.29) is 29.5 Å². The number of aliphatic hydroxyl groups excluding tert-OH is 1. The standard InChI is InChI=1S/C25H25ClN2O4S/c26-21-9-5-10-22(16-21)27-25(30)19-8-4-11-23(15-19)33(31,32)28-13-12-24(29)20(17-28)14-18-6-2-1-3-7-18/h1-11,15-16,20,24,29H,12-14,17H2,(H,27,30). The van der Waals surface area contributed by atoms with E-state index in [1.165, 1.54) is 16.4 Å². The molecule has 33 heavy (non-hydrogen) atoms. The number of amides is 1. The summed E-state index contributed by atoms with van der Waals surface area (Å²) in [5.41, 5.74) is 1.81. The van der Waals surface area contributed by atoms with Crippen molar-refractivity contribution in [1.82, 2.24) is 4.31 Å². The smallest absolute Gasteiger partial charge is 0.255 e. The third-order valence-electron chi connectivity index (χ3n) is 5.81. The quantitative estimate of drug-likeness (QED) is 0.548. The number of rotatable bonds is 6. The summed E-state index contributed by atoms with van der Waals surface area (Å²) in [6.45, 7) is 0.449. The monoisotopic (exact) mass is 484 g/mol. The van der Waals surface area contributed by atoms with Gasteiger partial charge in [-0.3, -0.25) is 4.79 Å². The van der Waals surface area contributed by atoms with E-state index in [1.54, 1.807) is 36.4 Å². The summed E-state index contributed by atoms with van der Waals surface area (Å²) in [7, 11) is -3.83. The van der Waals surface area contributed by atoms with Gasteiger partial charge in [-0.15, -0.1) is 0 Å². The maximum absolute atomic E-state index is 13.4. The molecule has 0 aromatic heterocycles. The van der Waals surface area contributed by atoms with Crippen LogP contribution in [0, 0.1) is 5.92 Å². The fourth-order valence-electron chi connectivity index (χ4n) is 4.04. The van der Waals surface area contributed by atoms with Gasteiger partial charge in [-0.05, 0) is 54.8 Å². The second-order valence-corrected chi connectivity index (χ2v) is 10.5. The zero-order chi connectivity index (χ0) is 23.4. The Morgan fingerprint density at radius 3 is 2.55 bits per heavy atom. The van der Waals surface area contributed by atoms with Crippen molar-refractivity contribution in [3.05, 3.63) is 95.0 Å². The zero-order valence-electron chi connectivity index (χ0n) is 17.9. The van der Waals surface area contributed by atoms with E-state index in [9.17, 15) is 18.3 Å². The van der Waals surface area contributed by atoms with E-state index in [4.69, 9.17) is 11.6 Å². The SMILES string of the molecule is O=C(Nc1cccc(Cl)c1)c1cccc(S(=O)(=O)N2CCC(O)C(Cc3ccccc3)C2)c1. The lowest BCUT2D eigenvalue weighted by atomic mass is 9.90. The van der Waals surface area contributed by atoms with Crippen molar-refractivity contribution in [2.75, 3.05) is 18.4 Å². The molecule has 0 aliphatic carbocycles. The lowest BCUT2D eigenvalue weighted by Crippen LogP contribution is -2.46. The first-order chi connectivity index (χ1) is 15.8. The van der Waals surface area contributed by atoms with E-state index in [0.29, 0.717) is 23.6 Å². The van der Waals surface area contributed by atoms with E-state index in [0.717, 1.165) is 5.56 Å². The molecule has 8 heteroatoms. The highest BCUT2D eigenvalue weighted by Gasteiger charge is 2.35. The number of piperidine rings is 1. The molecule has 1 aliphatic rings. The van der Waals surface area contributed by atoms with Gasteiger partial charge in [0, 0.05) is 35.3 Å². The van der Waals surface area contributed by atoms with Crippen molar-refractivity contribution in [3.8, 4) is 0 Å². The lowest BCUT2D eigenvalue weighted by molar-refractivity contribution is 0.0540. The highest BCUT2D eigenvalue weighted by molar-refractivity contribution is 7.89. The fourth-order valence-corrected chi connectivity index (χ4v) is 5.79. The number of hydrogen-bond donors (Lipinski definition) is 2. The second kappa shape index (κ2) is 10.1. The molecule has 6 nitrogen and oxygen atoms in total. The van der Waals surface area contributed by atoms with Crippen LogP contribution in [0.2, 0.25) is 5.02 Å². The van der Waals surface area contributed by atoms with E-state index < -0.39 is 22.0 Å². The maximum atomic E-state index is 13.4. The van der Waals surface area contributed by atoms with Crippen molar-refractivity contribution < 1.29 is 18.3 Å². The van der Waals surface area contributed by atoms with Gasteiger partial charge in [-0.2, -0.15) is 4.31 Å². The number of aliphatic hydroxyl groups is 1. The van der Waals surface area contributed by atoms with Gasteiger partial charge >= 0.3 is 0 Å². The predicted molar refractivity (Wildman–Crippen MR) is 129 cm³/mol. The fraction of sp³-hybridized carbons (Fsp3) is 0.240. The minimum Gasteiger partial charge on any atom is -0.393 e. The molecule has 3 aromatic carbocycles. The number of benzene rings is 3. The van der Waals surface area contributed by atoms with Gasteiger partial charge < -0.3 is 10.4 Å². The highest BCUT2D eigenvalue weighted by Crippen LogP contribution is 2.27. The van der Waals surface area contributed by atoms with Gasteiger partial charge in [0.15, 0.2) is 0 Å². The summed E-state index contributed by atoms with van der Waals surface area (Å²) in [5.74, 6) is -0.629. The van der Waals surface area contributed by atoms with Crippen LogP contribution < -0.4 is 5.32 Å². The molecule has 3 aromatic rings. The van der Waals surface area contributed by atoms with Crippen LogP contribution in [0.1, 0.15) is 22.3 Å². The number of hydrogen-bond acceptors (Lipinski definition) is 4. The first-order valence-electron chi connectivity index (χ1n) is 10.7. The summed E-state index contributed by atoms with van der Waals surface area (Å²) in [6, 6.07) is 22.5.